The molecule has 4 atom stereocenters. The maximum atomic E-state index is 14.5. The van der Waals surface area contributed by atoms with Gasteiger partial charge < -0.3 is 13.6 Å². The number of ketones is 1. The summed E-state index contributed by atoms with van der Waals surface area (Å²) in [4.78, 5) is 33.7. The van der Waals surface area contributed by atoms with Crippen LogP contribution in [0.25, 0.3) is 6.08 Å². The van der Waals surface area contributed by atoms with Crippen molar-refractivity contribution in [2.24, 2.45) is 11.3 Å². The number of carbonyl (C=O) groups excluding carboxylic acids is 2. The minimum atomic E-state index is -2.25. The Hall–Kier alpha value is -1.14. The van der Waals surface area contributed by atoms with Gasteiger partial charge in [-0.05, 0) is 102 Å². The van der Waals surface area contributed by atoms with Crippen LogP contribution in [0.1, 0.15) is 138 Å². The Bertz CT molecular complexity index is 1140. The second-order valence-electron chi connectivity index (χ2n) is 14.9. The highest BCUT2D eigenvalue weighted by atomic mass is 32.1. The summed E-state index contributed by atoms with van der Waals surface area (Å²) in [5, 5.41) is 3.07. The summed E-state index contributed by atoms with van der Waals surface area (Å²) in [6.07, 6.45) is 9.03. The van der Waals surface area contributed by atoms with Crippen molar-refractivity contribution in [1.29, 1.82) is 0 Å². The van der Waals surface area contributed by atoms with Gasteiger partial charge in [0.1, 0.15) is 11.9 Å². The Morgan fingerprint density at radius 1 is 0.915 bits per heavy atom. The van der Waals surface area contributed by atoms with Gasteiger partial charge in [-0.2, -0.15) is 0 Å². The van der Waals surface area contributed by atoms with Crippen LogP contribution in [0.15, 0.2) is 11.0 Å². The number of esters is 1. The van der Waals surface area contributed by atoms with Crippen LogP contribution < -0.4 is 0 Å². The first-order valence-electron chi connectivity index (χ1n) is 18.8. The Morgan fingerprint density at radius 3 is 1.96 bits per heavy atom. The van der Waals surface area contributed by atoms with Gasteiger partial charge >= 0.3 is 5.97 Å². The molecule has 0 amide bonds. The minimum Gasteiger partial charge on any atom is -0.457 e. The standard InChI is InChI=1S/C38H69NO5SSi2/c1-13-46(14-2,15-3)43-33-24-22-20-19-21-23-25-35(29(7)26-32-28-45-31(9)39-32)42-36(41)37(10,11)38(12,30(8)34(40)27-33)44-47(16-4,17-5)18-6/h26,28,30,33,35H,13-25,27H2,1-12H3. The summed E-state index contributed by atoms with van der Waals surface area (Å²) in [5.74, 6) is -0.670. The highest BCUT2D eigenvalue weighted by Gasteiger charge is 2.57. The maximum absolute atomic E-state index is 14.5. The average Bonchev–Trinajstić information content (AvgIpc) is 3.47. The van der Waals surface area contributed by atoms with Crippen molar-refractivity contribution in [1.82, 2.24) is 4.98 Å². The number of thiazole rings is 1. The van der Waals surface area contributed by atoms with Gasteiger partial charge in [0.05, 0.1) is 27.8 Å². The van der Waals surface area contributed by atoms with E-state index in [1.807, 2.05) is 40.0 Å². The van der Waals surface area contributed by atoms with Crippen LogP contribution in [-0.4, -0.2) is 51.2 Å². The van der Waals surface area contributed by atoms with Gasteiger partial charge in [0.15, 0.2) is 16.6 Å². The topological polar surface area (TPSA) is 74.7 Å². The van der Waals surface area contributed by atoms with Crippen molar-refractivity contribution in [3.8, 4) is 0 Å². The summed E-state index contributed by atoms with van der Waals surface area (Å²) in [5.41, 5.74) is -0.206. The number of carbonyl (C=O) groups is 2. The molecule has 0 radical (unpaired) electrons. The molecule has 0 N–H and O–H groups in total. The van der Waals surface area contributed by atoms with Crippen LogP contribution in [0.4, 0.5) is 0 Å². The molecule has 1 fully saturated rings. The van der Waals surface area contributed by atoms with Crippen molar-refractivity contribution in [3.05, 3.63) is 21.7 Å². The van der Waals surface area contributed by atoms with Crippen molar-refractivity contribution in [2.45, 2.75) is 189 Å². The lowest BCUT2D eigenvalue weighted by molar-refractivity contribution is -0.178. The number of nitrogens with zero attached hydrogens (tertiary/aromatic N) is 1. The summed E-state index contributed by atoms with van der Waals surface area (Å²) < 4.78 is 20.9. The van der Waals surface area contributed by atoms with E-state index in [-0.39, 0.29) is 24.0 Å². The fourth-order valence-corrected chi connectivity index (χ4v) is 14.0. The van der Waals surface area contributed by atoms with E-state index in [9.17, 15) is 9.59 Å². The number of Topliss-reactive ketones (excluding diaryl/α,β-unsaturated/α-hetero) is 1. The first-order chi connectivity index (χ1) is 22.1. The third-order valence-corrected chi connectivity index (χ3v) is 22.2. The molecule has 1 aliphatic rings. The average molecular weight is 708 g/mol. The molecule has 0 saturated carbocycles. The molecular formula is C38H69NO5SSi2. The summed E-state index contributed by atoms with van der Waals surface area (Å²) >= 11 is 1.62. The molecule has 1 saturated heterocycles. The predicted octanol–water partition coefficient (Wildman–Crippen LogP) is 11.3. The Morgan fingerprint density at radius 2 is 1.45 bits per heavy atom. The predicted molar refractivity (Wildman–Crippen MR) is 204 cm³/mol. The molecule has 1 aromatic heterocycles. The van der Waals surface area contributed by atoms with Gasteiger partial charge in [-0.15, -0.1) is 11.3 Å². The number of aryl methyl sites for hydroxylation is 1. The minimum absolute atomic E-state index is 0.0827. The van der Waals surface area contributed by atoms with Crippen LogP contribution in [0.2, 0.25) is 36.3 Å². The third kappa shape index (κ3) is 10.7. The van der Waals surface area contributed by atoms with E-state index in [2.05, 4.69) is 59.5 Å². The quantitative estimate of drug-likeness (QED) is 0.159. The largest absolute Gasteiger partial charge is 0.457 e. The maximum Gasteiger partial charge on any atom is 0.315 e. The normalized spacial score (nSPS) is 26.3. The van der Waals surface area contributed by atoms with E-state index in [1.54, 1.807) is 11.3 Å². The number of cyclic esters (lactones) is 1. The summed E-state index contributed by atoms with van der Waals surface area (Å²) in [6.45, 7) is 25.3. The molecule has 0 spiro atoms. The highest BCUT2D eigenvalue weighted by Crippen LogP contribution is 2.46. The Labute approximate surface area is 294 Å². The molecule has 4 unspecified atom stereocenters. The lowest BCUT2D eigenvalue weighted by Crippen LogP contribution is -2.61. The van der Waals surface area contributed by atoms with Crippen molar-refractivity contribution >= 4 is 45.8 Å². The van der Waals surface area contributed by atoms with Gasteiger partial charge in [-0.25, -0.2) is 4.98 Å². The third-order valence-electron chi connectivity index (χ3n) is 12.0. The van der Waals surface area contributed by atoms with Gasteiger partial charge in [0.2, 0.25) is 0 Å². The summed E-state index contributed by atoms with van der Waals surface area (Å²) in [7, 11) is -4.17. The highest BCUT2D eigenvalue weighted by molar-refractivity contribution is 7.09. The van der Waals surface area contributed by atoms with Gasteiger partial charge in [-0.3, -0.25) is 9.59 Å². The monoisotopic (exact) mass is 707 g/mol. The zero-order valence-electron chi connectivity index (χ0n) is 32.2. The lowest BCUT2D eigenvalue weighted by atomic mass is 9.67. The zero-order valence-corrected chi connectivity index (χ0v) is 35.0. The molecule has 1 aliphatic heterocycles. The van der Waals surface area contributed by atoms with Gasteiger partial charge in [0, 0.05) is 17.7 Å². The van der Waals surface area contributed by atoms with Crippen LogP contribution in [0, 0.1) is 18.3 Å². The van der Waals surface area contributed by atoms with E-state index in [4.69, 9.17) is 13.6 Å². The molecular weight excluding hydrogens is 639 g/mol. The first kappa shape index (κ1) is 42.0. The number of rotatable bonds is 12. The van der Waals surface area contributed by atoms with Gasteiger partial charge in [-0.1, -0.05) is 74.1 Å². The molecule has 47 heavy (non-hydrogen) atoms. The van der Waals surface area contributed by atoms with Crippen LogP contribution in [0.5, 0.6) is 0 Å². The number of ether oxygens (including phenoxy) is 1. The smallest absolute Gasteiger partial charge is 0.315 e. The van der Waals surface area contributed by atoms with Crippen LogP contribution in [-0.2, 0) is 23.2 Å². The van der Waals surface area contributed by atoms with Crippen molar-refractivity contribution < 1.29 is 23.2 Å². The molecule has 0 aromatic carbocycles. The van der Waals surface area contributed by atoms with Crippen LogP contribution in [0.3, 0.4) is 0 Å². The molecule has 2 rings (SSSR count). The second kappa shape index (κ2) is 18.7. The molecule has 9 heteroatoms. The van der Waals surface area contributed by atoms with E-state index >= 15 is 0 Å². The first-order valence-corrected chi connectivity index (χ1v) is 24.8. The number of hydrogen-bond donors (Lipinski definition) is 0. The molecule has 6 nitrogen and oxygen atoms in total. The number of hydrogen-bond acceptors (Lipinski definition) is 7. The van der Waals surface area contributed by atoms with Crippen LogP contribution >= 0.6 is 11.3 Å². The van der Waals surface area contributed by atoms with E-state index in [1.165, 1.54) is 0 Å². The summed E-state index contributed by atoms with van der Waals surface area (Å²) in [6, 6.07) is 5.99. The number of aromatic nitrogens is 1. The van der Waals surface area contributed by atoms with E-state index in [0.29, 0.717) is 6.42 Å². The molecule has 270 valence electrons. The second-order valence-corrected chi connectivity index (χ2v) is 25.3. The van der Waals surface area contributed by atoms with E-state index < -0.39 is 33.6 Å². The zero-order chi connectivity index (χ0) is 35.5. The lowest BCUT2D eigenvalue weighted by Gasteiger charge is -2.51. The molecule has 0 bridgehead atoms. The van der Waals surface area contributed by atoms with Crippen molar-refractivity contribution in [3.63, 3.8) is 0 Å². The van der Waals surface area contributed by atoms with E-state index in [0.717, 1.165) is 97.5 Å². The SMILES string of the molecule is CC[Si](CC)(CC)OC1CCCCCCCC(C(C)=Cc2csc(C)n2)OC(=O)C(C)(C)C(C)(O[Si](CC)(CC)CC)C(C)C(=O)C1. The van der Waals surface area contributed by atoms with Gasteiger partial charge in [0.25, 0.3) is 0 Å². The fraction of sp³-hybridized carbons (Fsp3) is 0.816. The Kier molecular flexibility index (Phi) is 16.8. The molecule has 2 heterocycles. The molecule has 1 aromatic rings. The van der Waals surface area contributed by atoms with Crippen molar-refractivity contribution in [2.75, 3.05) is 0 Å². The fourth-order valence-electron chi connectivity index (χ4n) is 7.30. The Balaban J connectivity index is 2.61. The molecule has 0 aliphatic carbocycles.